The standard InChI is InChI=1S/3C9H12O.Mg.3Na/c1-7(2)8-3-5-9(10)6-4-8;1-7(2)8-5-3-4-6-9(8)10;1-2-3-8-4-6-9(10)7-5-8;;;;/h2*3-7,10H,1-2H3;4-7,10H,2-3H2,1H3;;;;/q;;;+2;3*+1/p-3. The molecule has 0 aliphatic rings. The van der Waals surface area contributed by atoms with Crippen molar-refractivity contribution in [3.63, 3.8) is 0 Å². The van der Waals surface area contributed by atoms with E-state index in [1.165, 1.54) is 11.1 Å². The molecule has 34 heavy (non-hydrogen) atoms. The van der Waals surface area contributed by atoms with Crippen molar-refractivity contribution in [1.29, 1.82) is 0 Å². The Morgan fingerprint density at radius 1 is 0.618 bits per heavy atom. The predicted octanol–water partition coefficient (Wildman–Crippen LogP) is -3.89. The molecule has 0 atom stereocenters. The topological polar surface area (TPSA) is 69.2 Å². The molecule has 3 rings (SSSR count). The van der Waals surface area contributed by atoms with Gasteiger partial charge in [0.2, 0.25) is 0 Å². The monoisotopic (exact) mass is 498 g/mol. The van der Waals surface area contributed by atoms with Crippen molar-refractivity contribution in [2.75, 3.05) is 0 Å². The van der Waals surface area contributed by atoms with E-state index in [4.69, 9.17) is 0 Å². The Bertz CT molecular complexity index is 856. The fourth-order valence-electron chi connectivity index (χ4n) is 2.76. The van der Waals surface area contributed by atoms with E-state index in [-0.39, 0.29) is 129 Å². The average Bonchev–Trinajstić information content (AvgIpc) is 2.71. The van der Waals surface area contributed by atoms with Crippen LogP contribution in [0.2, 0.25) is 0 Å². The summed E-state index contributed by atoms with van der Waals surface area (Å²) in [6.45, 7) is 10.4. The van der Waals surface area contributed by atoms with Crippen molar-refractivity contribution in [1.82, 2.24) is 0 Å². The molecule has 3 nitrogen and oxygen atoms in total. The zero-order valence-electron chi connectivity index (χ0n) is 22.4. The van der Waals surface area contributed by atoms with Crippen LogP contribution in [0.5, 0.6) is 17.2 Å². The number of rotatable bonds is 4. The Morgan fingerprint density at radius 2 is 1.06 bits per heavy atom. The molecule has 0 aliphatic carbocycles. The normalized spacial score (nSPS) is 8.91. The Hall–Kier alpha value is 0.826. The van der Waals surface area contributed by atoms with E-state index < -0.39 is 0 Å². The molecule has 0 aromatic heterocycles. The summed E-state index contributed by atoms with van der Waals surface area (Å²) < 4.78 is 0. The Labute approximate surface area is 289 Å². The molecule has 3 aromatic carbocycles. The number of aryl methyl sites for hydroxylation is 1. The maximum absolute atomic E-state index is 11.1. The molecule has 0 heterocycles. The second-order valence-corrected chi connectivity index (χ2v) is 7.81. The van der Waals surface area contributed by atoms with Crippen LogP contribution in [0, 0.1) is 0 Å². The molecule has 0 spiro atoms. The van der Waals surface area contributed by atoms with Crippen molar-refractivity contribution in [2.45, 2.75) is 59.3 Å². The molecular formula is C27H33MgNa3O3+2. The van der Waals surface area contributed by atoms with Gasteiger partial charge in [-0.1, -0.05) is 119 Å². The van der Waals surface area contributed by atoms with Gasteiger partial charge in [0.1, 0.15) is 0 Å². The largest absolute Gasteiger partial charge is 2.00 e. The van der Waals surface area contributed by atoms with E-state index in [1.54, 1.807) is 36.4 Å². The predicted molar refractivity (Wildman–Crippen MR) is 126 cm³/mol. The van der Waals surface area contributed by atoms with Gasteiger partial charge in [0.15, 0.2) is 0 Å². The van der Waals surface area contributed by atoms with Crippen molar-refractivity contribution in [3.05, 3.63) is 89.5 Å². The Morgan fingerprint density at radius 3 is 1.41 bits per heavy atom. The molecular weight excluding hydrogens is 466 g/mol. The van der Waals surface area contributed by atoms with Gasteiger partial charge in [-0.05, 0) is 29.4 Å². The van der Waals surface area contributed by atoms with Gasteiger partial charge >= 0.3 is 112 Å². The number of benzene rings is 3. The van der Waals surface area contributed by atoms with Crippen LogP contribution in [-0.2, 0) is 6.42 Å². The summed E-state index contributed by atoms with van der Waals surface area (Å²) in [4.78, 5) is 0. The summed E-state index contributed by atoms with van der Waals surface area (Å²) in [7, 11) is 0. The third-order valence-corrected chi connectivity index (χ3v) is 4.55. The maximum atomic E-state index is 11.1. The minimum Gasteiger partial charge on any atom is -0.872 e. The summed E-state index contributed by atoms with van der Waals surface area (Å²) in [5.74, 6) is 1.19. The van der Waals surface area contributed by atoms with Crippen LogP contribution in [0.3, 0.4) is 0 Å². The van der Waals surface area contributed by atoms with E-state index >= 15 is 0 Å². The number of para-hydroxylation sites is 1. The van der Waals surface area contributed by atoms with E-state index in [0.717, 1.165) is 18.4 Å². The number of hydrogen-bond donors (Lipinski definition) is 0. The first-order valence-electron chi connectivity index (χ1n) is 10.5. The quantitative estimate of drug-likeness (QED) is 0.346. The summed E-state index contributed by atoms with van der Waals surface area (Å²) in [6.07, 6.45) is 2.21. The molecule has 0 saturated carbocycles. The van der Waals surface area contributed by atoms with Crippen LogP contribution in [-0.4, -0.2) is 23.1 Å². The Kier molecular flexibility index (Phi) is 29.8. The van der Waals surface area contributed by atoms with Gasteiger partial charge < -0.3 is 15.3 Å². The Balaban J connectivity index is -0.000000187. The van der Waals surface area contributed by atoms with Gasteiger partial charge in [-0.15, -0.1) is 17.2 Å². The first-order chi connectivity index (χ1) is 14.2. The van der Waals surface area contributed by atoms with Gasteiger partial charge in [-0.3, -0.25) is 0 Å². The molecule has 162 valence electrons. The third-order valence-electron chi connectivity index (χ3n) is 4.55. The molecule has 0 radical (unpaired) electrons. The van der Waals surface area contributed by atoms with E-state index in [9.17, 15) is 15.3 Å². The second kappa shape index (κ2) is 24.2. The fraction of sp³-hybridized carbons (Fsp3) is 0.333. The van der Waals surface area contributed by atoms with E-state index in [0.29, 0.717) is 11.8 Å². The molecule has 0 amide bonds. The molecule has 3 aromatic rings. The fourth-order valence-corrected chi connectivity index (χ4v) is 2.76. The smallest absolute Gasteiger partial charge is 0.872 e. The van der Waals surface area contributed by atoms with E-state index in [2.05, 4.69) is 20.8 Å². The first kappa shape index (κ1) is 41.9. The summed E-state index contributed by atoms with van der Waals surface area (Å²) in [5.41, 5.74) is 3.38. The minimum atomic E-state index is 0. The summed E-state index contributed by atoms with van der Waals surface area (Å²) in [6, 6.07) is 21.2. The molecule has 0 saturated heterocycles. The van der Waals surface area contributed by atoms with Gasteiger partial charge in [-0.25, -0.2) is 0 Å². The maximum Gasteiger partial charge on any atom is 2.00 e. The summed E-state index contributed by atoms with van der Waals surface area (Å²) in [5, 5.41) is 32.3. The molecule has 0 bridgehead atoms. The first-order valence-corrected chi connectivity index (χ1v) is 10.5. The van der Waals surface area contributed by atoms with Gasteiger partial charge in [-0.2, -0.15) is 0 Å². The van der Waals surface area contributed by atoms with Crippen molar-refractivity contribution in [2.24, 2.45) is 0 Å². The van der Waals surface area contributed by atoms with Crippen LogP contribution in [0.15, 0.2) is 72.8 Å². The van der Waals surface area contributed by atoms with Crippen LogP contribution < -0.4 is 104 Å². The third kappa shape index (κ3) is 18.1. The molecule has 0 N–H and O–H groups in total. The number of hydrogen-bond acceptors (Lipinski definition) is 3. The molecule has 0 fully saturated rings. The van der Waals surface area contributed by atoms with Crippen molar-refractivity contribution < 1.29 is 104 Å². The van der Waals surface area contributed by atoms with Gasteiger partial charge in [0, 0.05) is 0 Å². The van der Waals surface area contributed by atoms with E-state index in [1.807, 2.05) is 50.2 Å². The molecule has 0 unspecified atom stereocenters. The molecule has 0 aliphatic heterocycles. The van der Waals surface area contributed by atoms with Crippen LogP contribution in [0.25, 0.3) is 0 Å². The van der Waals surface area contributed by atoms with Crippen molar-refractivity contribution >= 4 is 23.1 Å². The summed E-state index contributed by atoms with van der Waals surface area (Å²) >= 11 is 0. The zero-order chi connectivity index (χ0) is 22.5. The van der Waals surface area contributed by atoms with Crippen LogP contribution in [0.4, 0.5) is 0 Å². The van der Waals surface area contributed by atoms with Crippen LogP contribution >= 0.6 is 0 Å². The SMILES string of the molecule is CC(C)c1ccc([O-])cc1.CC(C)c1ccccc1[O-].CCCc1ccc([O-])cc1.[Mg+2].[Na+].[Na+].[Na+]. The zero-order valence-corrected chi connectivity index (χ0v) is 29.8. The average molecular weight is 499 g/mol. The van der Waals surface area contributed by atoms with Crippen LogP contribution in [0.1, 0.15) is 69.6 Å². The second-order valence-electron chi connectivity index (χ2n) is 7.81. The minimum absolute atomic E-state index is 0. The molecule has 7 heteroatoms. The van der Waals surface area contributed by atoms with Gasteiger partial charge in [0.25, 0.3) is 0 Å². The van der Waals surface area contributed by atoms with Crippen molar-refractivity contribution in [3.8, 4) is 17.2 Å². The van der Waals surface area contributed by atoms with Gasteiger partial charge in [0.05, 0.1) is 0 Å².